The Morgan fingerprint density at radius 3 is 1.70 bits per heavy atom. The number of phenols is 1. The van der Waals surface area contributed by atoms with Crippen LogP contribution in [-0.4, -0.2) is 257 Å². The molecule has 0 radical (unpaired) electrons. The Balaban J connectivity index is 1.34. The monoisotopic (exact) mass is 1860 g/mol. The minimum absolute atomic E-state index is 0.0711. The third kappa shape index (κ3) is 34.8. The molecule has 1 fully saturated rings. The number of phenolic OH excluding ortho intramolecular Hbond substituents is 1. The van der Waals surface area contributed by atoms with E-state index in [4.69, 9.17) is 11.5 Å². The van der Waals surface area contributed by atoms with Gasteiger partial charge < -0.3 is 122 Å². The number of benzene rings is 4. The minimum Gasteiger partial charge on any atom is -0.508 e. The van der Waals surface area contributed by atoms with Crippen molar-refractivity contribution in [3.8, 4) is 5.75 Å². The summed E-state index contributed by atoms with van der Waals surface area (Å²) in [7, 11) is 1.41. The summed E-state index contributed by atoms with van der Waals surface area (Å²) in [5, 5.41) is 80.1. The number of hydrogen-bond acceptors (Lipinski definition) is 24. The van der Waals surface area contributed by atoms with Crippen LogP contribution in [0, 0.1) is 11.8 Å². The van der Waals surface area contributed by atoms with Gasteiger partial charge in [0, 0.05) is 85.9 Å². The molecule has 0 bridgehead atoms. The molecule has 0 saturated carbocycles. The number of aromatic nitrogens is 3. The number of para-hydroxylation sites is 1. The first-order valence-corrected chi connectivity index (χ1v) is 45.0. The molecule has 1 aliphatic rings. The summed E-state index contributed by atoms with van der Waals surface area (Å²) in [6.07, 6.45) is -1.19. The predicted octanol–water partition coefficient (Wildman–Crippen LogP) is -2.52. The SMILES string of the molecule is CC(=O)N[C@@H](CC(=O)O)C(=O)N[C@H]1CSSC[C@@H](C(=O)N[C@H](C(=O)N[C@@H](Cc2ccccc2)C(=O)N[C@@H](Cc2ccccc2)C(N)=O)[C@@H](C)O)NC(=O)[C@H](Cc2c[nH]c3ccccc23)NC(=O)[C@H](C(C)C)NC(=O)[C@H](CC(C)C)NC(=O)[C@H](CCC(=O)O)NC(=O)CNC(=O)[C@H](CCCCN)NC(=O)[C@H](Cc2cnc[nH]2)NC(=O)[C@H](Cc2ccc(O)cc2)NC(=O)[C@H](C)NC1=O. The van der Waals surface area contributed by atoms with Crippen molar-refractivity contribution < 1.29 is 107 Å². The second-order valence-corrected chi connectivity index (χ2v) is 34.9. The van der Waals surface area contributed by atoms with Crippen LogP contribution in [0.1, 0.15) is 121 Å². The normalized spacial score (nSPS) is 21.3. The molecule has 44 heteroatoms. The van der Waals surface area contributed by atoms with Gasteiger partial charge in [0.1, 0.15) is 90.3 Å². The Morgan fingerprint density at radius 1 is 0.534 bits per heavy atom. The first-order chi connectivity index (χ1) is 62.2. The van der Waals surface area contributed by atoms with E-state index in [2.05, 4.69) is 94.7 Å². The number of nitrogens with one attached hydrogen (secondary N) is 17. The number of hydrogen-bond donors (Lipinski definition) is 23. The molecule has 15 atom stereocenters. The van der Waals surface area contributed by atoms with Gasteiger partial charge in [0.2, 0.25) is 94.5 Å². The number of aromatic amines is 2. The molecular formula is C87H116N20O22S2. The van der Waals surface area contributed by atoms with E-state index in [-0.39, 0.29) is 69.4 Å². The molecule has 1 aliphatic heterocycles. The number of aliphatic hydroxyl groups excluding tert-OH is 1. The van der Waals surface area contributed by atoms with Crippen LogP contribution in [0.2, 0.25) is 0 Å². The van der Waals surface area contributed by atoms with E-state index >= 15 is 14.4 Å². The van der Waals surface area contributed by atoms with Gasteiger partial charge in [0.25, 0.3) is 0 Å². The fourth-order valence-electron chi connectivity index (χ4n) is 13.8. The highest BCUT2D eigenvalue weighted by Gasteiger charge is 2.40. The molecule has 1 saturated heterocycles. The molecule has 2 aromatic heterocycles. The standard InChI is InChI=1S/C87H116N20O22S2/c1-45(2)32-61-83(125)106-72(46(3)4)86(128)103-64(36-53-39-91-57-23-15-14-22-56(53)57)80(122)105-68(85(127)107-73(48(6)108)87(129)102-63(34-51-20-12-9-13-21-51)78(120)98-60(74(89)116)33-50-18-10-8-11-19-50)43-131-130-42-67(104-82(124)66(38-71(114)115)95-49(7)109)84(126)94-47(5)75(117)99-62(35-52-25-27-55(110)28-26-52)79(121)101-65(37-54-40-90-44-93-54)81(123)97-58(24-16-17-31-88)76(118)92-41-69(111)96-59(77(119)100-61)29-30-70(112)113/h8-15,18-23,25-28,39-40,44-48,58-68,72-73,91,108,110H,16-17,24,29-38,41-43,88H2,1-7H3,(H2,89,116)(H,90,93)(H,92,118)(H,94,126)(H,95,109)(H,96,111)(H,97,123)(H,98,120)(H,99,117)(H,100,119)(H,101,121)(H,102,129)(H,103,128)(H,104,124)(H,105,122)(H,106,125)(H,107,127)(H,112,113)(H,114,115)/t47-,48+,58-,59-,60-,61-,62-,63-,64-,65-,66-,67-,68-,72-,73-/m0/s1. The van der Waals surface area contributed by atoms with Crippen LogP contribution in [0.4, 0.5) is 0 Å². The molecule has 7 rings (SSSR count). The molecule has 0 aliphatic carbocycles. The van der Waals surface area contributed by atoms with Crippen LogP contribution in [-0.2, 0) is 118 Å². The van der Waals surface area contributed by atoms with Crippen LogP contribution < -0.4 is 91.2 Å². The van der Waals surface area contributed by atoms with Crippen LogP contribution in [0.5, 0.6) is 5.75 Å². The topological polar surface area (TPSA) is 665 Å². The van der Waals surface area contributed by atoms with Crippen molar-refractivity contribution in [1.82, 2.24) is 94.7 Å². The Kier molecular flexibility index (Phi) is 41.7. The number of imidazole rings is 1. The average Bonchev–Trinajstić information content (AvgIpc) is 1.78. The maximum atomic E-state index is 15.6. The van der Waals surface area contributed by atoms with Crippen molar-refractivity contribution in [3.63, 3.8) is 0 Å². The molecule has 708 valence electrons. The van der Waals surface area contributed by atoms with Gasteiger partial charge in [-0.15, -0.1) is 0 Å². The van der Waals surface area contributed by atoms with E-state index in [1.807, 2.05) is 0 Å². The van der Waals surface area contributed by atoms with Crippen molar-refractivity contribution in [3.05, 3.63) is 156 Å². The molecule has 0 unspecified atom stereocenters. The van der Waals surface area contributed by atoms with Crippen LogP contribution in [0.3, 0.4) is 0 Å². The van der Waals surface area contributed by atoms with Gasteiger partial charge in [-0.3, -0.25) is 86.3 Å². The number of aromatic hydroxyl groups is 1. The summed E-state index contributed by atoms with van der Waals surface area (Å²) in [6, 6.07) is 5.42. The van der Waals surface area contributed by atoms with Gasteiger partial charge in [-0.1, -0.05) is 140 Å². The first kappa shape index (κ1) is 105. The molecule has 42 nitrogen and oxygen atoms in total. The van der Waals surface area contributed by atoms with Crippen LogP contribution in [0.15, 0.2) is 128 Å². The number of carbonyl (C=O) groups is 18. The number of carboxylic acid groups (broad SMARTS) is 2. The second kappa shape index (κ2) is 52.2. The Morgan fingerprint density at radius 2 is 1.10 bits per heavy atom. The molecule has 4 aromatic carbocycles. The number of primary amides is 1. The van der Waals surface area contributed by atoms with Crippen molar-refractivity contribution >= 4 is 139 Å². The third-order valence-electron chi connectivity index (χ3n) is 20.8. The zero-order valence-corrected chi connectivity index (χ0v) is 74.9. The Hall–Kier alpha value is -13.5. The molecule has 6 aromatic rings. The van der Waals surface area contributed by atoms with Crippen LogP contribution >= 0.6 is 21.6 Å². The van der Waals surface area contributed by atoms with E-state index in [0.717, 1.165) is 13.8 Å². The molecule has 16 amide bonds. The number of aliphatic hydroxyl groups is 1. The van der Waals surface area contributed by atoms with E-state index in [1.54, 1.807) is 105 Å². The Labute approximate surface area is 762 Å². The maximum absolute atomic E-state index is 15.6. The summed E-state index contributed by atoms with van der Waals surface area (Å²) in [4.78, 5) is 267. The number of nitrogens with zero attached hydrogens (tertiary/aromatic N) is 1. The maximum Gasteiger partial charge on any atom is 0.305 e. The van der Waals surface area contributed by atoms with Gasteiger partial charge in [0.15, 0.2) is 0 Å². The lowest BCUT2D eigenvalue weighted by Gasteiger charge is -2.30. The highest BCUT2D eigenvalue weighted by Crippen LogP contribution is 2.26. The van der Waals surface area contributed by atoms with Gasteiger partial charge >= 0.3 is 11.9 Å². The molecular weight excluding hydrogens is 1740 g/mol. The zero-order chi connectivity index (χ0) is 96.1. The van der Waals surface area contributed by atoms with E-state index in [9.17, 15) is 92.3 Å². The molecule has 131 heavy (non-hydrogen) atoms. The lowest BCUT2D eigenvalue weighted by Crippen LogP contribution is -2.63. The summed E-state index contributed by atoms with van der Waals surface area (Å²) in [5.74, 6) is -22.6. The van der Waals surface area contributed by atoms with Gasteiger partial charge in [-0.05, 0) is 105 Å². The largest absolute Gasteiger partial charge is 0.508 e. The third-order valence-corrected chi connectivity index (χ3v) is 23.2. The van der Waals surface area contributed by atoms with Crippen molar-refractivity contribution in [2.24, 2.45) is 23.3 Å². The van der Waals surface area contributed by atoms with E-state index in [1.165, 1.54) is 57.6 Å². The quantitative estimate of drug-likeness (QED) is 0.0149. The lowest BCUT2D eigenvalue weighted by molar-refractivity contribution is -0.141. The number of rotatable bonds is 33. The molecule has 25 N–H and O–H groups in total. The summed E-state index contributed by atoms with van der Waals surface area (Å²) >= 11 is 0. The van der Waals surface area contributed by atoms with Crippen molar-refractivity contribution in [2.75, 3.05) is 24.6 Å². The second-order valence-electron chi connectivity index (χ2n) is 32.3. The van der Waals surface area contributed by atoms with E-state index < -0.39 is 246 Å². The molecule has 3 heterocycles. The Bertz CT molecular complexity index is 4940. The van der Waals surface area contributed by atoms with Crippen molar-refractivity contribution in [1.29, 1.82) is 0 Å². The van der Waals surface area contributed by atoms with Crippen molar-refractivity contribution in [2.45, 2.75) is 216 Å². The highest BCUT2D eigenvalue weighted by atomic mass is 33.1. The van der Waals surface area contributed by atoms with Crippen LogP contribution in [0.25, 0.3) is 10.9 Å². The van der Waals surface area contributed by atoms with E-state index in [0.29, 0.717) is 61.2 Å². The molecule has 0 spiro atoms. The number of aliphatic carboxylic acids is 2. The summed E-state index contributed by atoms with van der Waals surface area (Å²) in [5.41, 5.74) is 14.3. The number of nitrogens with two attached hydrogens (primary N) is 2. The predicted molar refractivity (Wildman–Crippen MR) is 480 cm³/mol. The smallest absolute Gasteiger partial charge is 0.305 e. The zero-order valence-electron chi connectivity index (χ0n) is 73.3. The van der Waals surface area contributed by atoms with Gasteiger partial charge in [0.05, 0.1) is 25.4 Å². The van der Waals surface area contributed by atoms with Gasteiger partial charge in [-0.2, -0.15) is 0 Å². The lowest BCUT2D eigenvalue weighted by atomic mass is 9.98. The fraction of sp³-hybridized carbons (Fsp3) is 0.460. The minimum atomic E-state index is -2.01. The first-order valence-electron chi connectivity index (χ1n) is 42.5. The fourth-order valence-corrected chi connectivity index (χ4v) is 16.1. The highest BCUT2D eigenvalue weighted by molar-refractivity contribution is 8.76. The summed E-state index contributed by atoms with van der Waals surface area (Å²) in [6.45, 7) is 8.96. The summed E-state index contributed by atoms with van der Waals surface area (Å²) < 4.78 is 0. The number of fused-ring (bicyclic) bond motifs is 1. The number of H-pyrrole nitrogens is 2. The number of carbonyl (C=O) groups excluding carboxylic acids is 16. The number of amides is 16. The number of carboxylic acids is 2. The van der Waals surface area contributed by atoms with Gasteiger partial charge in [-0.25, -0.2) is 4.98 Å². The number of unbranched alkanes of at least 4 members (excludes halogenated alkanes) is 1. The average molecular weight is 1860 g/mol.